The lowest BCUT2D eigenvalue weighted by atomic mass is 9.82. The van der Waals surface area contributed by atoms with E-state index in [1.807, 2.05) is 0 Å². The minimum atomic E-state index is -0.706. The van der Waals surface area contributed by atoms with E-state index in [4.69, 9.17) is 5.11 Å². The molecule has 0 bridgehead atoms. The average molecular weight is 267 g/mol. The molecule has 2 atom stereocenters. The first kappa shape index (κ1) is 14.4. The van der Waals surface area contributed by atoms with Gasteiger partial charge in [-0.15, -0.1) is 0 Å². The molecule has 0 radical (unpaired) electrons. The van der Waals surface area contributed by atoms with Crippen LogP contribution in [0.3, 0.4) is 0 Å². The fourth-order valence-electron chi connectivity index (χ4n) is 3.81. The van der Waals surface area contributed by atoms with Gasteiger partial charge in [-0.1, -0.05) is 26.2 Å². The summed E-state index contributed by atoms with van der Waals surface area (Å²) >= 11 is 0. The highest BCUT2D eigenvalue weighted by molar-refractivity contribution is 5.83. The van der Waals surface area contributed by atoms with Crippen LogP contribution in [0, 0.1) is 17.3 Å². The van der Waals surface area contributed by atoms with E-state index in [-0.39, 0.29) is 23.2 Å². The maximum Gasteiger partial charge on any atom is 0.306 e. The molecule has 0 heterocycles. The van der Waals surface area contributed by atoms with E-state index in [1.165, 1.54) is 0 Å². The van der Waals surface area contributed by atoms with Crippen LogP contribution in [0.5, 0.6) is 0 Å². The van der Waals surface area contributed by atoms with Crippen LogP contribution in [0.2, 0.25) is 0 Å². The van der Waals surface area contributed by atoms with Gasteiger partial charge in [-0.3, -0.25) is 9.59 Å². The van der Waals surface area contributed by atoms with E-state index >= 15 is 0 Å². The van der Waals surface area contributed by atoms with E-state index in [0.29, 0.717) is 6.54 Å². The summed E-state index contributed by atoms with van der Waals surface area (Å²) in [7, 11) is 0. The van der Waals surface area contributed by atoms with Crippen LogP contribution in [-0.2, 0) is 9.59 Å². The molecule has 2 N–H and O–H groups in total. The van der Waals surface area contributed by atoms with Crippen LogP contribution in [0.1, 0.15) is 58.3 Å². The molecule has 2 saturated carbocycles. The maximum atomic E-state index is 12.4. The SMILES string of the molecule is CCC1(C(=O)NCC2CCCC2C(=O)O)CCCC1. The highest BCUT2D eigenvalue weighted by atomic mass is 16.4. The quantitative estimate of drug-likeness (QED) is 0.804. The number of carbonyl (C=O) groups is 2. The lowest BCUT2D eigenvalue weighted by molar-refractivity contribution is -0.143. The van der Waals surface area contributed by atoms with Crippen molar-refractivity contribution in [2.45, 2.75) is 58.3 Å². The summed E-state index contributed by atoms with van der Waals surface area (Å²) in [5.74, 6) is -0.690. The molecule has 0 aromatic carbocycles. The molecule has 1 amide bonds. The Morgan fingerprint density at radius 1 is 1.21 bits per heavy atom. The first-order valence-electron chi connectivity index (χ1n) is 7.60. The third-order valence-corrected chi connectivity index (χ3v) is 5.22. The van der Waals surface area contributed by atoms with E-state index in [1.54, 1.807) is 0 Å². The molecule has 4 heteroatoms. The van der Waals surface area contributed by atoms with Gasteiger partial charge in [-0.05, 0) is 38.0 Å². The zero-order chi connectivity index (χ0) is 13.9. The van der Waals surface area contributed by atoms with Gasteiger partial charge < -0.3 is 10.4 Å². The molecule has 0 aliphatic heterocycles. The lowest BCUT2D eigenvalue weighted by Gasteiger charge is -2.27. The van der Waals surface area contributed by atoms with Crippen LogP contribution < -0.4 is 5.32 Å². The molecular formula is C15H25NO3. The molecule has 0 saturated heterocycles. The van der Waals surface area contributed by atoms with E-state index in [0.717, 1.165) is 51.4 Å². The van der Waals surface area contributed by atoms with E-state index < -0.39 is 5.97 Å². The standard InChI is InChI=1S/C15H25NO3/c1-2-15(8-3-4-9-15)14(19)16-10-11-6-5-7-12(11)13(17)18/h11-12H,2-10H2,1H3,(H,16,19)(H,17,18). The summed E-state index contributed by atoms with van der Waals surface area (Å²) in [5, 5.41) is 12.2. The molecule has 108 valence electrons. The van der Waals surface area contributed by atoms with Gasteiger partial charge in [-0.2, -0.15) is 0 Å². The molecule has 0 spiro atoms. The van der Waals surface area contributed by atoms with Gasteiger partial charge in [-0.25, -0.2) is 0 Å². The van der Waals surface area contributed by atoms with Crippen LogP contribution >= 0.6 is 0 Å². The second kappa shape index (κ2) is 5.93. The first-order valence-corrected chi connectivity index (χ1v) is 7.60. The molecule has 19 heavy (non-hydrogen) atoms. The van der Waals surface area contributed by atoms with Gasteiger partial charge in [0.1, 0.15) is 0 Å². The fraction of sp³-hybridized carbons (Fsp3) is 0.867. The highest BCUT2D eigenvalue weighted by Gasteiger charge is 2.40. The Labute approximate surface area is 115 Å². The number of hydrogen-bond acceptors (Lipinski definition) is 2. The van der Waals surface area contributed by atoms with Gasteiger partial charge in [0.15, 0.2) is 0 Å². The largest absolute Gasteiger partial charge is 0.481 e. The zero-order valence-electron chi connectivity index (χ0n) is 11.8. The molecule has 2 aliphatic rings. The Hall–Kier alpha value is -1.06. The van der Waals surface area contributed by atoms with Gasteiger partial charge >= 0.3 is 5.97 Å². The number of rotatable bonds is 5. The summed E-state index contributed by atoms with van der Waals surface area (Å²) < 4.78 is 0. The summed E-state index contributed by atoms with van der Waals surface area (Å²) in [6.45, 7) is 2.62. The average Bonchev–Trinajstić information content (AvgIpc) is 3.05. The third-order valence-electron chi connectivity index (χ3n) is 5.22. The summed E-state index contributed by atoms with van der Waals surface area (Å²) in [5.41, 5.74) is -0.169. The molecule has 4 nitrogen and oxygen atoms in total. The molecule has 0 aromatic rings. The number of carboxylic acid groups (broad SMARTS) is 1. The Balaban J connectivity index is 1.88. The van der Waals surface area contributed by atoms with Crippen LogP contribution in [0.15, 0.2) is 0 Å². The number of amides is 1. The maximum absolute atomic E-state index is 12.4. The zero-order valence-corrected chi connectivity index (χ0v) is 11.8. The number of carbonyl (C=O) groups excluding carboxylic acids is 1. The van der Waals surface area contributed by atoms with Gasteiger partial charge in [0.25, 0.3) is 0 Å². The molecule has 2 aliphatic carbocycles. The van der Waals surface area contributed by atoms with Crippen LogP contribution in [0.25, 0.3) is 0 Å². The minimum absolute atomic E-state index is 0.122. The molecule has 0 aromatic heterocycles. The summed E-state index contributed by atoms with van der Waals surface area (Å²) in [6.07, 6.45) is 7.81. The Morgan fingerprint density at radius 2 is 1.89 bits per heavy atom. The smallest absolute Gasteiger partial charge is 0.306 e. The van der Waals surface area contributed by atoms with Gasteiger partial charge in [0, 0.05) is 12.0 Å². The lowest BCUT2D eigenvalue weighted by Crippen LogP contribution is -2.42. The second-order valence-electron chi connectivity index (χ2n) is 6.19. The van der Waals surface area contributed by atoms with Crippen molar-refractivity contribution in [2.75, 3.05) is 6.54 Å². The van der Waals surface area contributed by atoms with Crippen molar-refractivity contribution in [2.24, 2.45) is 17.3 Å². The van der Waals surface area contributed by atoms with Gasteiger partial charge in [0.2, 0.25) is 5.91 Å². The highest BCUT2D eigenvalue weighted by Crippen LogP contribution is 2.41. The number of carboxylic acids is 1. The predicted octanol–water partition coefficient (Wildman–Crippen LogP) is 2.57. The molecular weight excluding hydrogens is 242 g/mol. The molecule has 2 rings (SSSR count). The number of hydrogen-bond donors (Lipinski definition) is 2. The monoisotopic (exact) mass is 267 g/mol. The van der Waals surface area contributed by atoms with Crippen molar-refractivity contribution < 1.29 is 14.7 Å². The second-order valence-corrected chi connectivity index (χ2v) is 6.19. The van der Waals surface area contributed by atoms with Gasteiger partial charge in [0.05, 0.1) is 5.92 Å². The molecule has 2 fully saturated rings. The summed E-state index contributed by atoms with van der Waals surface area (Å²) in [4.78, 5) is 23.5. The Bertz CT molecular complexity index is 347. The van der Waals surface area contributed by atoms with Crippen molar-refractivity contribution in [1.29, 1.82) is 0 Å². The van der Waals surface area contributed by atoms with Crippen molar-refractivity contribution in [1.82, 2.24) is 5.32 Å². The fourth-order valence-corrected chi connectivity index (χ4v) is 3.81. The van der Waals surface area contributed by atoms with Crippen molar-refractivity contribution >= 4 is 11.9 Å². The topological polar surface area (TPSA) is 66.4 Å². The Kier molecular flexibility index (Phi) is 4.48. The summed E-state index contributed by atoms with van der Waals surface area (Å²) in [6, 6.07) is 0. The van der Waals surface area contributed by atoms with E-state index in [9.17, 15) is 9.59 Å². The van der Waals surface area contributed by atoms with Crippen molar-refractivity contribution in [3.8, 4) is 0 Å². The first-order chi connectivity index (χ1) is 9.09. The molecule has 2 unspecified atom stereocenters. The number of aliphatic carboxylic acids is 1. The predicted molar refractivity (Wildman–Crippen MR) is 72.7 cm³/mol. The minimum Gasteiger partial charge on any atom is -0.481 e. The van der Waals surface area contributed by atoms with Crippen LogP contribution in [0.4, 0.5) is 0 Å². The van der Waals surface area contributed by atoms with E-state index in [2.05, 4.69) is 12.2 Å². The van der Waals surface area contributed by atoms with Crippen molar-refractivity contribution in [3.63, 3.8) is 0 Å². The van der Waals surface area contributed by atoms with Crippen molar-refractivity contribution in [3.05, 3.63) is 0 Å². The van der Waals surface area contributed by atoms with Crippen LogP contribution in [-0.4, -0.2) is 23.5 Å². The normalized spacial score (nSPS) is 29.3. The third kappa shape index (κ3) is 2.93. The number of nitrogens with one attached hydrogen (secondary N) is 1. The Morgan fingerprint density at radius 3 is 2.47 bits per heavy atom.